The first-order chi connectivity index (χ1) is 24.1. The van der Waals surface area contributed by atoms with Gasteiger partial charge in [0, 0.05) is 26.3 Å². The summed E-state index contributed by atoms with van der Waals surface area (Å²) in [5.74, 6) is 0.153. The number of rotatable bonds is 13. The predicted octanol–water partition coefficient (Wildman–Crippen LogP) is 5.03. The number of methoxy groups -OCH3 is 1. The third-order valence-corrected chi connectivity index (χ3v) is 8.99. The van der Waals surface area contributed by atoms with Crippen LogP contribution in [0.15, 0.2) is 67.1 Å². The van der Waals surface area contributed by atoms with E-state index < -0.39 is 41.1 Å². The molecule has 1 saturated heterocycles. The fraction of sp³-hybridized carbons (Fsp3) is 0.500. The highest BCUT2D eigenvalue weighted by atomic mass is 16.6. The van der Waals surface area contributed by atoms with Gasteiger partial charge in [0.1, 0.15) is 29.0 Å². The summed E-state index contributed by atoms with van der Waals surface area (Å²) in [6.07, 6.45) is 4.27. The maximum atomic E-state index is 14.0. The number of likely N-dealkylation sites (tertiary alicyclic amines) is 1. The lowest BCUT2D eigenvalue weighted by atomic mass is 9.97. The van der Waals surface area contributed by atoms with Crippen LogP contribution in [-0.2, 0) is 30.5 Å². The molecule has 13 heteroatoms. The molecule has 0 aliphatic carbocycles. The standard InChI is InChI=1S/C38H52N6O7/c1-26-18-20-43(21-19-26)34(46)32(28-14-16-29(49-8)17-15-28)44-22-31(39-25-44)41-33(45)30(24-50-23-27-12-10-9-11-13-27)40-35(47)38(5,6)42(7)36(48)51-37(2,3)4/h9-17,22,25-26,30,32H,18-21,23-24H2,1-8H3,(H,40,47)(H,41,45). The number of benzene rings is 2. The van der Waals surface area contributed by atoms with Crippen LogP contribution in [0.5, 0.6) is 5.75 Å². The fourth-order valence-corrected chi connectivity index (χ4v) is 5.48. The van der Waals surface area contributed by atoms with E-state index in [2.05, 4.69) is 22.5 Å². The van der Waals surface area contributed by atoms with Crippen molar-refractivity contribution >= 4 is 29.6 Å². The number of carbonyl (C=O) groups is 4. The van der Waals surface area contributed by atoms with Crippen molar-refractivity contribution < 1.29 is 33.4 Å². The Morgan fingerprint density at radius 2 is 1.63 bits per heavy atom. The highest BCUT2D eigenvalue weighted by molar-refractivity contribution is 5.98. The molecule has 1 aromatic heterocycles. The van der Waals surface area contributed by atoms with Crippen molar-refractivity contribution in [1.82, 2.24) is 24.7 Å². The van der Waals surface area contributed by atoms with Gasteiger partial charge in [0.05, 0.1) is 26.7 Å². The Morgan fingerprint density at radius 1 is 0.980 bits per heavy atom. The van der Waals surface area contributed by atoms with E-state index in [9.17, 15) is 19.2 Å². The molecule has 1 aliphatic rings. The van der Waals surface area contributed by atoms with Crippen molar-refractivity contribution in [2.75, 3.05) is 39.2 Å². The summed E-state index contributed by atoms with van der Waals surface area (Å²) in [5.41, 5.74) is -0.520. The number of likely N-dealkylation sites (N-methyl/N-ethyl adjacent to an activating group) is 1. The molecule has 13 nitrogen and oxygen atoms in total. The molecular formula is C38H52N6O7. The molecule has 276 valence electrons. The summed E-state index contributed by atoms with van der Waals surface area (Å²) in [7, 11) is 3.05. The molecule has 2 unspecified atom stereocenters. The van der Waals surface area contributed by atoms with E-state index in [0.717, 1.165) is 24.0 Å². The molecule has 2 heterocycles. The smallest absolute Gasteiger partial charge is 0.410 e. The van der Waals surface area contributed by atoms with Crippen LogP contribution in [0.1, 0.15) is 71.6 Å². The van der Waals surface area contributed by atoms with Gasteiger partial charge in [-0.2, -0.15) is 0 Å². The van der Waals surface area contributed by atoms with Crippen LogP contribution in [0, 0.1) is 5.92 Å². The molecule has 0 saturated carbocycles. The summed E-state index contributed by atoms with van der Waals surface area (Å²) in [4.78, 5) is 61.7. The minimum absolute atomic E-state index is 0.0712. The zero-order valence-corrected chi connectivity index (χ0v) is 31.0. The lowest BCUT2D eigenvalue weighted by Gasteiger charge is -2.36. The Hall–Kier alpha value is -4.91. The number of hydrogen-bond donors (Lipinski definition) is 2. The molecular weight excluding hydrogens is 652 g/mol. The zero-order chi connectivity index (χ0) is 37.3. The van der Waals surface area contributed by atoms with E-state index in [1.807, 2.05) is 47.4 Å². The monoisotopic (exact) mass is 704 g/mol. The van der Waals surface area contributed by atoms with Crippen molar-refractivity contribution in [2.45, 2.75) is 84.2 Å². The number of nitrogens with zero attached hydrogens (tertiary/aromatic N) is 4. The number of carbonyl (C=O) groups excluding carboxylic acids is 4. The Balaban J connectivity index is 1.55. The second-order valence-electron chi connectivity index (χ2n) is 14.5. The molecule has 0 radical (unpaired) electrons. The maximum Gasteiger partial charge on any atom is 0.410 e. The Morgan fingerprint density at radius 3 is 2.24 bits per heavy atom. The van der Waals surface area contributed by atoms with Gasteiger partial charge in [-0.25, -0.2) is 9.78 Å². The number of hydrogen-bond acceptors (Lipinski definition) is 8. The van der Waals surface area contributed by atoms with Gasteiger partial charge >= 0.3 is 6.09 Å². The van der Waals surface area contributed by atoms with Crippen LogP contribution in [-0.4, -0.2) is 94.2 Å². The number of amides is 4. The van der Waals surface area contributed by atoms with E-state index in [4.69, 9.17) is 14.2 Å². The third-order valence-electron chi connectivity index (χ3n) is 8.99. The van der Waals surface area contributed by atoms with Gasteiger partial charge in [0.2, 0.25) is 11.8 Å². The second kappa shape index (κ2) is 16.9. The van der Waals surface area contributed by atoms with Crippen molar-refractivity contribution in [3.8, 4) is 5.75 Å². The normalized spacial score (nSPS) is 15.0. The number of ether oxygens (including phenoxy) is 3. The molecule has 4 amide bonds. The average Bonchev–Trinajstić information content (AvgIpc) is 3.55. The van der Waals surface area contributed by atoms with Crippen LogP contribution >= 0.6 is 0 Å². The Bertz CT molecular complexity index is 1630. The number of piperidine rings is 1. The molecule has 51 heavy (non-hydrogen) atoms. The fourth-order valence-electron chi connectivity index (χ4n) is 5.48. The molecule has 1 fully saturated rings. The average molecular weight is 705 g/mol. The summed E-state index contributed by atoms with van der Waals surface area (Å²) >= 11 is 0. The highest BCUT2D eigenvalue weighted by Gasteiger charge is 2.39. The first-order valence-corrected chi connectivity index (χ1v) is 17.3. The lowest BCUT2D eigenvalue weighted by Crippen LogP contribution is -2.60. The zero-order valence-electron chi connectivity index (χ0n) is 31.0. The Labute approximate surface area is 300 Å². The minimum Gasteiger partial charge on any atom is -0.497 e. The van der Waals surface area contributed by atoms with E-state index >= 15 is 0 Å². The number of imidazole rings is 1. The summed E-state index contributed by atoms with van der Waals surface area (Å²) in [5, 5.41) is 5.54. The molecule has 4 rings (SSSR count). The molecule has 2 aromatic carbocycles. The van der Waals surface area contributed by atoms with Gasteiger partial charge < -0.3 is 34.3 Å². The number of aromatic nitrogens is 2. The van der Waals surface area contributed by atoms with Gasteiger partial charge in [-0.15, -0.1) is 0 Å². The van der Waals surface area contributed by atoms with E-state index in [-0.39, 0.29) is 24.9 Å². The van der Waals surface area contributed by atoms with Crippen molar-refractivity contribution in [3.05, 3.63) is 78.2 Å². The number of anilines is 1. The van der Waals surface area contributed by atoms with Crippen molar-refractivity contribution in [2.24, 2.45) is 5.92 Å². The first-order valence-electron chi connectivity index (χ1n) is 17.3. The van der Waals surface area contributed by atoms with Crippen LogP contribution in [0.4, 0.5) is 10.6 Å². The molecule has 3 aromatic rings. The van der Waals surface area contributed by atoms with Crippen LogP contribution in [0.2, 0.25) is 0 Å². The summed E-state index contributed by atoms with van der Waals surface area (Å²) in [6, 6.07) is 14.9. The Kier molecular flexibility index (Phi) is 12.9. The van der Waals surface area contributed by atoms with Gasteiger partial charge in [0.15, 0.2) is 5.82 Å². The lowest BCUT2D eigenvalue weighted by molar-refractivity contribution is -0.135. The quantitative estimate of drug-likeness (QED) is 0.252. The van der Waals surface area contributed by atoms with Gasteiger partial charge in [0.25, 0.3) is 5.91 Å². The van der Waals surface area contributed by atoms with Crippen molar-refractivity contribution in [1.29, 1.82) is 0 Å². The molecule has 2 N–H and O–H groups in total. The first kappa shape index (κ1) is 38.9. The molecule has 2 atom stereocenters. The van der Waals surface area contributed by atoms with Crippen LogP contribution in [0.25, 0.3) is 0 Å². The number of nitrogens with one attached hydrogen (secondary N) is 2. The van der Waals surface area contributed by atoms with Gasteiger partial charge in [-0.1, -0.05) is 49.4 Å². The van der Waals surface area contributed by atoms with E-state index in [1.165, 1.54) is 18.3 Å². The van der Waals surface area contributed by atoms with Crippen molar-refractivity contribution in [3.63, 3.8) is 0 Å². The summed E-state index contributed by atoms with van der Waals surface area (Å²) in [6.45, 7) is 11.9. The summed E-state index contributed by atoms with van der Waals surface area (Å²) < 4.78 is 18.4. The van der Waals surface area contributed by atoms with Crippen LogP contribution < -0.4 is 15.4 Å². The molecule has 1 aliphatic heterocycles. The minimum atomic E-state index is -1.39. The van der Waals surface area contributed by atoms with E-state index in [1.54, 1.807) is 64.6 Å². The third kappa shape index (κ3) is 10.5. The predicted molar refractivity (Wildman–Crippen MR) is 193 cm³/mol. The van der Waals surface area contributed by atoms with Gasteiger partial charge in [-0.05, 0) is 76.6 Å². The maximum absolute atomic E-state index is 14.0. The topological polar surface area (TPSA) is 144 Å². The van der Waals surface area contributed by atoms with Gasteiger partial charge in [-0.3, -0.25) is 19.3 Å². The SMILES string of the molecule is COc1ccc(C(C(=O)N2CCC(C)CC2)n2cnc(NC(=O)C(COCc3ccccc3)NC(=O)C(C)(C)N(C)C(=O)OC(C)(C)C)c2)cc1. The highest BCUT2D eigenvalue weighted by Crippen LogP contribution is 2.27. The second-order valence-corrected chi connectivity index (χ2v) is 14.5. The van der Waals surface area contributed by atoms with Crippen LogP contribution in [0.3, 0.4) is 0 Å². The molecule has 0 bridgehead atoms. The molecule has 0 spiro atoms. The largest absolute Gasteiger partial charge is 0.497 e. The van der Waals surface area contributed by atoms with E-state index in [0.29, 0.717) is 24.8 Å².